The lowest BCUT2D eigenvalue weighted by molar-refractivity contribution is 0.0895. The van der Waals surface area contributed by atoms with Crippen molar-refractivity contribution in [2.75, 3.05) is 13.1 Å². The molecule has 1 saturated carbocycles. The molecule has 96 valence electrons. The molecule has 0 aromatic heterocycles. The van der Waals surface area contributed by atoms with Crippen LogP contribution in [0.3, 0.4) is 0 Å². The monoisotopic (exact) mass is 243 g/mol. The largest absolute Gasteiger partial charge is 0.316 e. The smallest absolute Gasteiger partial charge is 0.166 e. The summed E-state index contributed by atoms with van der Waals surface area (Å²) < 4.78 is 0. The molecule has 2 heteroatoms. The molecule has 0 heterocycles. The zero-order valence-electron chi connectivity index (χ0n) is 10.8. The van der Waals surface area contributed by atoms with Gasteiger partial charge in [-0.15, -0.1) is 0 Å². The third-order valence-corrected chi connectivity index (χ3v) is 4.22. The first kappa shape index (κ1) is 11.9. The van der Waals surface area contributed by atoms with Crippen molar-refractivity contribution in [3.05, 3.63) is 35.4 Å². The summed E-state index contributed by atoms with van der Waals surface area (Å²) in [5.74, 6) is 1.53. The van der Waals surface area contributed by atoms with Gasteiger partial charge in [-0.05, 0) is 56.7 Å². The highest BCUT2D eigenvalue weighted by molar-refractivity contribution is 6.00. The van der Waals surface area contributed by atoms with Crippen molar-refractivity contribution in [1.29, 1.82) is 0 Å². The van der Waals surface area contributed by atoms with Crippen molar-refractivity contribution < 1.29 is 4.79 Å². The minimum Gasteiger partial charge on any atom is -0.316 e. The number of carbonyl (C=O) groups excluding carboxylic acids is 1. The number of fused-ring (bicyclic) bond motifs is 1. The molecule has 18 heavy (non-hydrogen) atoms. The topological polar surface area (TPSA) is 29.1 Å². The number of carbonyl (C=O) groups is 1. The van der Waals surface area contributed by atoms with E-state index in [0.717, 1.165) is 43.8 Å². The maximum absolute atomic E-state index is 12.3. The Morgan fingerprint density at radius 2 is 2.00 bits per heavy atom. The fourth-order valence-corrected chi connectivity index (χ4v) is 2.84. The van der Waals surface area contributed by atoms with Crippen LogP contribution in [0.25, 0.3) is 0 Å². The van der Waals surface area contributed by atoms with Crippen LogP contribution in [0.1, 0.15) is 41.6 Å². The third kappa shape index (κ3) is 2.64. The van der Waals surface area contributed by atoms with Gasteiger partial charge in [0.1, 0.15) is 0 Å². The number of aryl methyl sites for hydroxylation is 1. The molecule has 0 bridgehead atoms. The molecule has 2 aliphatic rings. The fourth-order valence-electron chi connectivity index (χ4n) is 2.84. The second kappa shape index (κ2) is 5.23. The van der Waals surface area contributed by atoms with Crippen molar-refractivity contribution in [1.82, 2.24) is 5.32 Å². The summed E-state index contributed by atoms with van der Waals surface area (Å²) in [5.41, 5.74) is 2.21. The Hall–Kier alpha value is -1.15. The van der Waals surface area contributed by atoms with Crippen LogP contribution >= 0.6 is 0 Å². The van der Waals surface area contributed by atoms with Crippen molar-refractivity contribution in [2.24, 2.45) is 11.8 Å². The molecule has 0 amide bonds. The number of nitrogens with one attached hydrogen (secondary N) is 1. The molecule has 2 aliphatic carbocycles. The zero-order chi connectivity index (χ0) is 12.4. The molecule has 1 aromatic carbocycles. The van der Waals surface area contributed by atoms with Gasteiger partial charge in [-0.25, -0.2) is 0 Å². The van der Waals surface area contributed by atoms with E-state index in [1.165, 1.54) is 18.4 Å². The SMILES string of the molecule is O=C1c2ccccc2CCC1CCNCC1CC1. The summed E-state index contributed by atoms with van der Waals surface area (Å²) in [4.78, 5) is 12.3. The summed E-state index contributed by atoms with van der Waals surface area (Å²) in [5, 5.41) is 3.49. The van der Waals surface area contributed by atoms with E-state index in [9.17, 15) is 4.79 Å². The van der Waals surface area contributed by atoms with Crippen LogP contribution in [0.4, 0.5) is 0 Å². The maximum atomic E-state index is 12.3. The second-order valence-electron chi connectivity index (χ2n) is 5.69. The molecular formula is C16H21NO. The summed E-state index contributed by atoms with van der Waals surface area (Å²) in [6.07, 6.45) is 5.88. The Bertz CT molecular complexity index is 436. The summed E-state index contributed by atoms with van der Waals surface area (Å²) >= 11 is 0. The van der Waals surface area contributed by atoms with Gasteiger partial charge in [0.2, 0.25) is 0 Å². The molecule has 1 unspecified atom stereocenters. The highest BCUT2D eigenvalue weighted by atomic mass is 16.1. The van der Waals surface area contributed by atoms with E-state index in [-0.39, 0.29) is 5.92 Å². The van der Waals surface area contributed by atoms with Crippen LogP contribution in [0, 0.1) is 11.8 Å². The Labute approximate surface area is 109 Å². The van der Waals surface area contributed by atoms with Gasteiger partial charge in [0.05, 0.1) is 0 Å². The van der Waals surface area contributed by atoms with Crippen LogP contribution in [-0.2, 0) is 6.42 Å². The first-order valence-corrected chi connectivity index (χ1v) is 7.17. The molecular weight excluding hydrogens is 222 g/mol. The van der Waals surface area contributed by atoms with E-state index in [1.807, 2.05) is 18.2 Å². The molecule has 0 saturated heterocycles. The van der Waals surface area contributed by atoms with Crippen LogP contribution in [0.5, 0.6) is 0 Å². The van der Waals surface area contributed by atoms with E-state index in [4.69, 9.17) is 0 Å². The van der Waals surface area contributed by atoms with Crippen LogP contribution in [0.2, 0.25) is 0 Å². The lowest BCUT2D eigenvalue weighted by Crippen LogP contribution is -2.27. The number of hydrogen-bond acceptors (Lipinski definition) is 2. The molecule has 1 atom stereocenters. The average Bonchev–Trinajstić information content (AvgIpc) is 3.21. The number of hydrogen-bond donors (Lipinski definition) is 1. The lowest BCUT2D eigenvalue weighted by Gasteiger charge is -2.23. The summed E-state index contributed by atoms with van der Waals surface area (Å²) in [6, 6.07) is 8.09. The van der Waals surface area contributed by atoms with Gasteiger partial charge in [0.15, 0.2) is 5.78 Å². The fraction of sp³-hybridized carbons (Fsp3) is 0.562. The molecule has 2 nitrogen and oxygen atoms in total. The Morgan fingerprint density at radius 3 is 2.83 bits per heavy atom. The van der Waals surface area contributed by atoms with E-state index in [1.54, 1.807) is 0 Å². The van der Waals surface area contributed by atoms with Crippen molar-refractivity contribution >= 4 is 5.78 Å². The van der Waals surface area contributed by atoms with Crippen molar-refractivity contribution in [3.8, 4) is 0 Å². The lowest BCUT2D eigenvalue weighted by atomic mass is 9.81. The average molecular weight is 243 g/mol. The molecule has 0 spiro atoms. The number of rotatable bonds is 5. The van der Waals surface area contributed by atoms with Crippen molar-refractivity contribution in [2.45, 2.75) is 32.1 Å². The number of ketones is 1. The molecule has 3 rings (SSSR count). The molecule has 1 aromatic rings. The van der Waals surface area contributed by atoms with Gasteiger partial charge in [-0.2, -0.15) is 0 Å². The highest BCUT2D eigenvalue weighted by Crippen LogP contribution is 2.28. The Kier molecular flexibility index (Phi) is 3.46. The van der Waals surface area contributed by atoms with Crippen LogP contribution in [0.15, 0.2) is 24.3 Å². The van der Waals surface area contributed by atoms with Crippen molar-refractivity contribution in [3.63, 3.8) is 0 Å². The number of Topliss-reactive ketones (excluding diaryl/α,β-unsaturated/α-hetero) is 1. The van der Waals surface area contributed by atoms with Gasteiger partial charge in [-0.3, -0.25) is 4.79 Å². The first-order chi connectivity index (χ1) is 8.84. The minimum absolute atomic E-state index is 0.242. The molecule has 1 fully saturated rings. The first-order valence-electron chi connectivity index (χ1n) is 7.17. The predicted molar refractivity (Wildman–Crippen MR) is 72.8 cm³/mol. The van der Waals surface area contributed by atoms with Crippen LogP contribution < -0.4 is 5.32 Å². The zero-order valence-corrected chi connectivity index (χ0v) is 10.8. The minimum atomic E-state index is 0.242. The normalized spacial score (nSPS) is 22.9. The van der Waals surface area contributed by atoms with Gasteiger partial charge in [0, 0.05) is 11.5 Å². The third-order valence-electron chi connectivity index (χ3n) is 4.22. The predicted octanol–water partition coefficient (Wildman–Crippen LogP) is 2.82. The highest BCUT2D eigenvalue weighted by Gasteiger charge is 2.26. The molecule has 0 aliphatic heterocycles. The Balaban J connectivity index is 1.53. The van der Waals surface area contributed by atoms with Gasteiger partial charge in [-0.1, -0.05) is 24.3 Å². The van der Waals surface area contributed by atoms with E-state index < -0.39 is 0 Å². The quantitative estimate of drug-likeness (QED) is 0.806. The number of benzene rings is 1. The maximum Gasteiger partial charge on any atom is 0.166 e. The summed E-state index contributed by atoms with van der Waals surface area (Å²) in [6.45, 7) is 2.15. The molecule has 0 radical (unpaired) electrons. The van der Waals surface area contributed by atoms with E-state index in [0.29, 0.717) is 5.78 Å². The summed E-state index contributed by atoms with van der Waals surface area (Å²) in [7, 11) is 0. The van der Waals surface area contributed by atoms with E-state index in [2.05, 4.69) is 11.4 Å². The van der Waals surface area contributed by atoms with E-state index >= 15 is 0 Å². The second-order valence-corrected chi connectivity index (χ2v) is 5.69. The van der Waals surface area contributed by atoms with Gasteiger partial charge in [0.25, 0.3) is 0 Å². The standard InChI is InChI=1S/C16H21NO/c18-16-14(9-10-17-11-12-5-6-12)8-7-13-3-1-2-4-15(13)16/h1-4,12,14,17H,5-11H2. The van der Waals surface area contributed by atoms with Crippen LogP contribution in [-0.4, -0.2) is 18.9 Å². The Morgan fingerprint density at radius 1 is 1.17 bits per heavy atom. The van der Waals surface area contributed by atoms with Gasteiger partial charge < -0.3 is 5.32 Å². The van der Waals surface area contributed by atoms with Gasteiger partial charge >= 0.3 is 0 Å². The molecule has 1 N–H and O–H groups in total.